The average Bonchev–Trinajstić information content (AvgIpc) is 2.87. The van der Waals surface area contributed by atoms with Gasteiger partial charge in [-0.05, 0) is 55.9 Å². The molecule has 180 valence electrons. The lowest BCUT2D eigenvalue weighted by molar-refractivity contribution is -0.139. The van der Waals surface area contributed by atoms with Crippen LogP contribution in [0.5, 0.6) is 0 Å². The van der Waals surface area contributed by atoms with Crippen molar-refractivity contribution in [3.8, 4) is 12.1 Å². The Morgan fingerprint density at radius 2 is 1.94 bits per heavy atom. The van der Waals surface area contributed by atoms with Crippen LogP contribution in [0.1, 0.15) is 42.1 Å². The van der Waals surface area contributed by atoms with Crippen molar-refractivity contribution in [1.82, 2.24) is 4.98 Å². The van der Waals surface area contributed by atoms with Crippen molar-refractivity contribution >= 4 is 29.5 Å². The zero-order chi connectivity index (χ0) is 25.5. The molecular formula is C26H26N4O3S2. The molecule has 1 aromatic carbocycles. The number of thioether (sulfide) groups is 2. The Morgan fingerprint density at radius 1 is 1.23 bits per heavy atom. The lowest BCUT2D eigenvalue weighted by Crippen LogP contribution is -2.27. The molecule has 1 aliphatic heterocycles. The monoisotopic (exact) mass is 506 g/mol. The number of aromatic nitrogens is 1. The smallest absolute Gasteiger partial charge is 0.338 e. The van der Waals surface area contributed by atoms with E-state index < -0.39 is 11.9 Å². The van der Waals surface area contributed by atoms with E-state index in [2.05, 4.69) is 17.1 Å². The number of nitrogens with two attached hydrogens (primary N) is 1. The molecule has 7 nitrogen and oxygen atoms in total. The van der Waals surface area contributed by atoms with Gasteiger partial charge in [0, 0.05) is 10.6 Å². The molecule has 0 amide bonds. The Kier molecular flexibility index (Phi) is 8.86. The number of aryl methyl sites for hydroxylation is 2. The summed E-state index contributed by atoms with van der Waals surface area (Å²) in [4.78, 5) is 18.8. The predicted octanol–water partition coefficient (Wildman–Crippen LogP) is 4.96. The third-order valence-corrected chi connectivity index (χ3v) is 7.25. The number of hydrogen-bond donors (Lipinski definition) is 1. The van der Waals surface area contributed by atoms with Gasteiger partial charge in [0.1, 0.15) is 28.5 Å². The van der Waals surface area contributed by atoms with Gasteiger partial charge >= 0.3 is 5.97 Å². The molecule has 1 atom stereocenters. The Labute approximate surface area is 214 Å². The maximum atomic E-state index is 13.1. The van der Waals surface area contributed by atoms with E-state index in [1.807, 2.05) is 50.4 Å². The molecule has 2 heterocycles. The van der Waals surface area contributed by atoms with E-state index in [1.165, 1.54) is 11.8 Å². The van der Waals surface area contributed by atoms with Crippen molar-refractivity contribution in [2.24, 2.45) is 5.73 Å². The Morgan fingerprint density at radius 3 is 2.51 bits per heavy atom. The zero-order valence-electron chi connectivity index (χ0n) is 20.0. The second kappa shape index (κ2) is 11.8. The van der Waals surface area contributed by atoms with E-state index >= 15 is 0 Å². The molecule has 0 aliphatic carbocycles. The first-order valence-electron chi connectivity index (χ1n) is 11.0. The lowest BCUT2D eigenvalue weighted by Gasteiger charge is -2.28. The third-order valence-electron chi connectivity index (χ3n) is 5.52. The van der Waals surface area contributed by atoms with Gasteiger partial charge in [-0.2, -0.15) is 10.5 Å². The fraction of sp³-hybridized carbons (Fsp3) is 0.308. The molecule has 2 aromatic rings. The Bertz CT molecular complexity index is 1270. The second-order valence-electron chi connectivity index (χ2n) is 7.61. The molecule has 0 spiro atoms. The number of carbonyl (C=O) groups excluding carboxylic acids is 1. The maximum Gasteiger partial charge on any atom is 0.338 e. The summed E-state index contributed by atoms with van der Waals surface area (Å²) in [7, 11) is 0. The van der Waals surface area contributed by atoms with Gasteiger partial charge in [0.15, 0.2) is 0 Å². The number of nitrogens with zero attached hydrogens (tertiary/aromatic N) is 3. The first-order valence-corrected chi connectivity index (χ1v) is 13.2. The molecule has 35 heavy (non-hydrogen) atoms. The zero-order valence-corrected chi connectivity index (χ0v) is 21.7. The minimum atomic E-state index is -0.730. The summed E-state index contributed by atoms with van der Waals surface area (Å²) in [5.74, 6) is -0.892. The first kappa shape index (κ1) is 26.2. The molecule has 0 radical (unpaired) electrons. The highest BCUT2D eigenvalue weighted by molar-refractivity contribution is 7.99. The topological polar surface area (TPSA) is 122 Å². The normalized spacial score (nSPS) is 15.3. The predicted molar refractivity (Wildman–Crippen MR) is 136 cm³/mol. The van der Waals surface area contributed by atoms with Crippen molar-refractivity contribution in [2.75, 3.05) is 18.6 Å². The van der Waals surface area contributed by atoms with Gasteiger partial charge in [-0.1, -0.05) is 30.8 Å². The summed E-state index contributed by atoms with van der Waals surface area (Å²) in [5, 5.41) is 20.0. The summed E-state index contributed by atoms with van der Waals surface area (Å²) < 4.78 is 11.2. The molecular weight excluding hydrogens is 480 g/mol. The van der Waals surface area contributed by atoms with E-state index in [9.17, 15) is 15.3 Å². The van der Waals surface area contributed by atoms with Crippen LogP contribution in [0.15, 0.2) is 63.0 Å². The van der Waals surface area contributed by atoms with E-state index in [0.717, 1.165) is 28.1 Å². The number of allylic oxidation sites excluding steroid dienone is 1. The number of hydrogen-bond acceptors (Lipinski definition) is 9. The highest BCUT2D eigenvalue weighted by Gasteiger charge is 2.37. The minimum absolute atomic E-state index is 0.0540. The summed E-state index contributed by atoms with van der Waals surface area (Å²) in [6.07, 6.45) is 2.70. The van der Waals surface area contributed by atoms with E-state index in [0.29, 0.717) is 10.6 Å². The molecule has 3 rings (SSSR count). The quantitative estimate of drug-likeness (QED) is 0.391. The van der Waals surface area contributed by atoms with Gasteiger partial charge in [0.2, 0.25) is 5.88 Å². The van der Waals surface area contributed by atoms with Gasteiger partial charge in [0.05, 0.1) is 29.4 Å². The molecule has 2 N–H and O–H groups in total. The SMILES string of the molecule is CCOC(=O)C1=C(CSc2nc(CC)c(C)cc2C#N)OC(N)=C(C#N)[C@H]1c1ccc(SC)cc1. The summed E-state index contributed by atoms with van der Waals surface area (Å²) in [6, 6.07) is 13.7. The van der Waals surface area contributed by atoms with Crippen LogP contribution in [-0.2, 0) is 20.7 Å². The second-order valence-corrected chi connectivity index (χ2v) is 9.46. The standard InChI is InChI=1S/C26H26N4O3S2/c1-5-20-15(3)11-17(12-27)25(30-20)35-14-21-23(26(31)32-6-2)22(19(13-28)24(29)33-21)16-7-9-18(34-4)10-8-16/h7-11,22H,5-6,14,29H2,1-4H3/t22-/m1/s1. The Hall–Kier alpha value is -3.40. The Balaban J connectivity index is 2.10. The number of rotatable bonds is 8. The van der Waals surface area contributed by atoms with Crippen molar-refractivity contribution < 1.29 is 14.3 Å². The fourth-order valence-electron chi connectivity index (χ4n) is 3.80. The van der Waals surface area contributed by atoms with Crippen LogP contribution >= 0.6 is 23.5 Å². The molecule has 0 bridgehead atoms. The number of carbonyl (C=O) groups is 1. The van der Waals surface area contributed by atoms with Crippen molar-refractivity contribution in [3.05, 3.63) is 75.5 Å². The summed E-state index contributed by atoms with van der Waals surface area (Å²) in [6.45, 7) is 5.81. The number of esters is 1. The van der Waals surface area contributed by atoms with Gasteiger partial charge in [0.25, 0.3) is 0 Å². The van der Waals surface area contributed by atoms with E-state index in [-0.39, 0.29) is 35.1 Å². The van der Waals surface area contributed by atoms with Crippen LogP contribution in [0.3, 0.4) is 0 Å². The molecule has 1 aromatic heterocycles. The van der Waals surface area contributed by atoms with E-state index in [4.69, 9.17) is 15.2 Å². The summed E-state index contributed by atoms with van der Waals surface area (Å²) in [5.41, 5.74) is 9.56. The fourth-order valence-corrected chi connectivity index (χ4v) is 5.13. The van der Waals surface area contributed by atoms with E-state index in [1.54, 1.807) is 18.7 Å². The number of pyridine rings is 1. The molecule has 0 fully saturated rings. The van der Waals surface area contributed by atoms with Crippen LogP contribution in [0.2, 0.25) is 0 Å². The molecule has 0 saturated heterocycles. The number of ether oxygens (including phenoxy) is 2. The minimum Gasteiger partial charge on any atom is -0.463 e. The highest BCUT2D eigenvalue weighted by atomic mass is 32.2. The van der Waals surface area contributed by atoms with Gasteiger partial charge in [-0.15, -0.1) is 11.8 Å². The molecule has 0 unspecified atom stereocenters. The van der Waals surface area contributed by atoms with Gasteiger partial charge in [-0.25, -0.2) is 9.78 Å². The van der Waals surface area contributed by atoms with Crippen molar-refractivity contribution in [2.45, 2.75) is 43.0 Å². The molecule has 1 aliphatic rings. The average molecular weight is 507 g/mol. The van der Waals surface area contributed by atoms with Crippen LogP contribution in [0.4, 0.5) is 0 Å². The van der Waals surface area contributed by atoms with Crippen LogP contribution in [0.25, 0.3) is 0 Å². The summed E-state index contributed by atoms with van der Waals surface area (Å²) >= 11 is 2.87. The number of benzene rings is 1. The van der Waals surface area contributed by atoms with Crippen LogP contribution < -0.4 is 5.73 Å². The first-order chi connectivity index (χ1) is 16.9. The lowest BCUT2D eigenvalue weighted by atomic mass is 9.83. The van der Waals surface area contributed by atoms with Crippen molar-refractivity contribution in [1.29, 1.82) is 10.5 Å². The highest BCUT2D eigenvalue weighted by Crippen LogP contribution is 2.41. The van der Waals surface area contributed by atoms with Crippen LogP contribution in [-0.4, -0.2) is 29.6 Å². The number of nitriles is 2. The van der Waals surface area contributed by atoms with Gasteiger partial charge < -0.3 is 15.2 Å². The molecule has 0 saturated carbocycles. The molecule has 9 heteroatoms. The van der Waals surface area contributed by atoms with Crippen LogP contribution in [0, 0.1) is 29.6 Å². The third kappa shape index (κ3) is 5.64. The maximum absolute atomic E-state index is 13.1. The largest absolute Gasteiger partial charge is 0.463 e. The van der Waals surface area contributed by atoms with Gasteiger partial charge in [-0.3, -0.25) is 0 Å². The van der Waals surface area contributed by atoms with Crippen molar-refractivity contribution in [3.63, 3.8) is 0 Å².